The van der Waals surface area contributed by atoms with Gasteiger partial charge in [-0.3, -0.25) is 15.7 Å². The van der Waals surface area contributed by atoms with E-state index in [1.54, 1.807) is 12.3 Å². The van der Waals surface area contributed by atoms with E-state index in [1.165, 1.54) is 0 Å². The topological polar surface area (TPSA) is 95.8 Å². The molecule has 19 heavy (non-hydrogen) atoms. The summed E-state index contributed by atoms with van der Waals surface area (Å²) in [7, 11) is 0. The van der Waals surface area contributed by atoms with Crippen LogP contribution in [0.4, 0.5) is 5.69 Å². The Bertz CT molecular complexity index is 590. The van der Waals surface area contributed by atoms with Crippen LogP contribution in [0.2, 0.25) is 0 Å². The predicted molar refractivity (Wildman–Crippen MR) is 73.5 cm³/mol. The van der Waals surface area contributed by atoms with E-state index in [4.69, 9.17) is 5.84 Å². The van der Waals surface area contributed by atoms with Crippen molar-refractivity contribution >= 4 is 11.6 Å². The van der Waals surface area contributed by atoms with Gasteiger partial charge in [-0.25, -0.2) is 0 Å². The van der Waals surface area contributed by atoms with Crippen LogP contribution in [0.3, 0.4) is 0 Å². The molecule has 0 saturated carbocycles. The first kappa shape index (κ1) is 13.1. The Labute approximate surface area is 111 Å². The third-order valence-electron chi connectivity index (χ3n) is 2.95. The van der Waals surface area contributed by atoms with Crippen molar-refractivity contribution in [3.05, 3.63) is 46.8 Å². The van der Waals surface area contributed by atoms with E-state index in [0.717, 1.165) is 16.8 Å². The Morgan fingerprint density at radius 2 is 2.21 bits per heavy atom. The Morgan fingerprint density at radius 3 is 2.84 bits per heavy atom. The normalized spacial score (nSPS) is 10.3. The van der Waals surface area contributed by atoms with Crippen LogP contribution in [0.25, 0.3) is 0 Å². The maximum atomic E-state index is 12.1. The van der Waals surface area contributed by atoms with Gasteiger partial charge in [0.25, 0.3) is 5.91 Å². The number of nitrogens with zero attached hydrogens (tertiary/aromatic N) is 1. The van der Waals surface area contributed by atoms with E-state index in [1.807, 2.05) is 26.0 Å². The molecule has 2 rings (SSSR count). The third-order valence-corrected chi connectivity index (χ3v) is 2.95. The first-order chi connectivity index (χ1) is 9.11. The fraction of sp³-hybridized carbons (Fsp3) is 0.231. The Morgan fingerprint density at radius 1 is 1.42 bits per heavy atom. The second-order valence-corrected chi connectivity index (χ2v) is 4.40. The smallest absolute Gasteiger partial charge is 0.253 e. The third kappa shape index (κ3) is 2.92. The molecule has 0 unspecified atom stereocenters. The SMILES string of the molecule is Cc1ccc(C(=O)NCc2cn[nH]c2C)c(NN)c1. The average molecular weight is 259 g/mol. The van der Waals surface area contributed by atoms with Gasteiger partial charge in [0.15, 0.2) is 0 Å². The van der Waals surface area contributed by atoms with E-state index in [-0.39, 0.29) is 5.91 Å². The highest BCUT2D eigenvalue weighted by atomic mass is 16.1. The number of nitrogens with two attached hydrogens (primary N) is 1. The van der Waals surface area contributed by atoms with Crippen molar-refractivity contribution in [2.45, 2.75) is 20.4 Å². The van der Waals surface area contributed by atoms with E-state index in [0.29, 0.717) is 17.8 Å². The molecule has 0 atom stereocenters. The Balaban J connectivity index is 2.10. The molecule has 0 spiro atoms. The average Bonchev–Trinajstić information content (AvgIpc) is 2.81. The number of benzene rings is 1. The number of aryl methyl sites for hydroxylation is 2. The molecule has 5 N–H and O–H groups in total. The molecule has 1 heterocycles. The molecule has 6 heteroatoms. The molecule has 6 nitrogen and oxygen atoms in total. The number of rotatable bonds is 4. The highest BCUT2D eigenvalue weighted by molar-refractivity contribution is 5.99. The maximum Gasteiger partial charge on any atom is 0.253 e. The van der Waals surface area contributed by atoms with Crippen LogP contribution in [-0.4, -0.2) is 16.1 Å². The number of aromatic nitrogens is 2. The first-order valence-corrected chi connectivity index (χ1v) is 5.96. The van der Waals surface area contributed by atoms with Crippen LogP contribution in [0.15, 0.2) is 24.4 Å². The lowest BCUT2D eigenvalue weighted by atomic mass is 10.1. The van der Waals surface area contributed by atoms with Crippen molar-refractivity contribution in [1.29, 1.82) is 0 Å². The molecule has 0 bridgehead atoms. The number of carbonyl (C=O) groups is 1. The molecule has 0 fully saturated rings. The number of anilines is 1. The number of hydrogen-bond acceptors (Lipinski definition) is 4. The molecule has 0 aliphatic carbocycles. The van der Waals surface area contributed by atoms with Crippen LogP contribution >= 0.6 is 0 Å². The summed E-state index contributed by atoms with van der Waals surface area (Å²) in [4.78, 5) is 12.1. The van der Waals surface area contributed by atoms with Crippen molar-refractivity contribution in [3.8, 4) is 0 Å². The maximum absolute atomic E-state index is 12.1. The minimum Gasteiger partial charge on any atom is -0.348 e. The van der Waals surface area contributed by atoms with Crippen LogP contribution in [-0.2, 0) is 6.54 Å². The summed E-state index contributed by atoms with van der Waals surface area (Å²) in [6.07, 6.45) is 1.70. The monoisotopic (exact) mass is 259 g/mol. The van der Waals surface area contributed by atoms with Gasteiger partial charge in [-0.15, -0.1) is 0 Å². The summed E-state index contributed by atoms with van der Waals surface area (Å²) in [5, 5.41) is 9.58. The predicted octanol–water partition coefficient (Wildman–Crippen LogP) is 1.24. The van der Waals surface area contributed by atoms with Crippen LogP contribution in [0.1, 0.15) is 27.2 Å². The zero-order chi connectivity index (χ0) is 13.8. The number of H-pyrrole nitrogens is 1. The van der Waals surface area contributed by atoms with Gasteiger partial charge in [-0.1, -0.05) is 6.07 Å². The Hall–Kier alpha value is -2.34. The van der Waals surface area contributed by atoms with Gasteiger partial charge < -0.3 is 10.7 Å². The number of carbonyl (C=O) groups excluding carboxylic acids is 1. The van der Waals surface area contributed by atoms with Crippen molar-refractivity contribution in [2.75, 3.05) is 5.43 Å². The van der Waals surface area contributed by atoms with Crippen LogP contribution < -0.4 is 16.6 Å². The van der Waals surface area contributed by atoms with Crippen LogP contribution in [0, 0.1) is 13.8 Å². The number of nitrogen functional groups attached to an aromatic ring is 1. The summed E-state index contributed by atoms with van der Waals surface area (Å²) in [6.45, 7) is 4.28. The molecular formula is C13H17N5O. The molecule has 0 aliphatic heterocycles. The van der Waals surface area contributed by atoms with Gasteiger partial charge in [0.1, 0.15) is 0 Å². The lowest BCUT2D eigenvalue weighted by Gasteiger charge is -2.10. The summed E-state index contributed by atoms with van der Waals surface area (Å²) < 4.78 is 0. The summed E-state index contributed by atoms with van der Waals surface area (Å²) in [5.41, 5.74) is 6.62. The van der Waals surface area contributed by atoms with Crippen molar-refractivity contribution in [2.24, 2.45) is 5.84 Å². The first-order valence-electron chi connectivity index (χ1n) is 5.96. The zero-order valence-electron chi connectivity index (χ0n) is 10.9. The molecule has 100 valence electrons. The molecule has 0 aliphatic rings. The number of nitrogens with one attached hydrogen (secondary N) is 3. The molecular weight excluding hydrogens is 242 g/mol. The van der Waals surface area contributed by atoms with E-state index >= 15 is 0 Å². The lowest BCUT2D eigenvalue weighted by molar-refractivity contribution is 0.0951. The van der Waals surface area contributed by atoms with Crippen molar-refractivity contribution in [3.63, 3.8) is 0 Å². The van der Waals surface area contributed by atoms with Gasteiger partial charge in [0, 0.05) is 17.8 Å². The van der Waals surface area contributed by atoms with E-state index < -0.39 is 0 Å². The van der Waals surface area contributed by atoms with Gasteiger partial charge in [-0.05, 0) is 31.5 Å². The van der Waals surface area contributed by atoms with Gasteiger partial charge >= 0.3 is 0 Å². The molecule has 0 saturated heterocycles. The number of aromatic amines is 1. The summed E-state index contributed by atoms with van der Waals surface area (Å²) >= 11 is 0. The summed E-state index contributed by atoms with van der Waals surface area (Å²) in [6, 6.07) is 5.46. The van der Waals surface area contributed by atoms with Gasteiger partial charge in [0.05, 0.1) is 17.4 Å². The quantitative estimate of drug-likeness (QED) is 0.490. The zero-order valence-corrected chi connectivity index (χ0v) is 10.9. The van der Waals surface area contributed by atoms with Crippen molar-refractivity contribution in [1.82, 2.24) is 15.5 Å². The lowest BCUT2D eigenvalue weighted by Crippen LogP contribution is -2.25. The van der Waals surface area contributed by atoms with Crippen molar-refractivity contribution < 1.29 is 4.79 Å². The van der Waals surface area contributed by atoms with E-state index in [9.17, 15) is 4.79 Å². The Kier molecular flexibility index (Phi) is 3.82. The van der Waals surface area contributed by atoms with Gasteiger partial charge in [-0.2, -0.15) is 5.10 Å². The minimum atomic E-state index is -0.173. The molecule has 1 aromatic heterocycles. The molecule has 2 aromatic rings. The fourth-order valence-corrected chi connectivity index (χ4v) is 1.80. The standard InChI is InChI=1S/C13H17N5O/c1-8-3-4-11(12(5-8)17-14)13(19)15-6-10-7-16-18-9(10)2/h3-5,7,17H,6,14H2,1-2H3,(H,15,19)(H,16,18). The fourth-order valence-electron chi connectivity index (χ4n) is 1.80. The number of amides is 1. The number of hydrazine groups is 1. The second-order valence-electron chi connectivity index (χ2n) is 4.40. The van der Waals surface area contributed by atoms with Crippen LogP contribution in [0.5, 0.6) is 0 Å². The largest absolute Gasteiger partial charge is 0.348 e. The minimum absolute atomic E-state index is 0.173. The molecule has 1 amide bonds. The summed E-state index contributed by atoms with van der Waals surface area (Å²) in [5.74, 6) is 5.25. The van der Waals surface area contributed by atoms with E-state index in [2.05, 4.69) is 20.9 Å². The highest BCUT2D eigenvalue weighted by Crippen LogP contribution is 2.16. The molecule has 1 aromatic carbocycles. The highest BCUT2D eigenvalue weighted by Gasteiger charge is 2.11. The second kappa shape index (κ2) is 5.53. The van der Waals surface area contributed by atoms with Gasteiger partial charge in [0.2, 0.25) is 0 Å². The molecule has 0 radical (unpaired) electrons. The number of hydrogen-bond donors (Lipinski definition) is 4.